The van der Waals surface area contributed by atoms with E-state index in [-0.39, 0.29) is 30.5 Å². The minimum absolute atomic E-state index is 0.112. The van der Waals surface area contributed by atoms with Crippen LogP contribution >= 0.6 is 0 Å². The lowest BCUT2D eigenvalue weighted by Gasteiger charge is -2.15. The van der Waals surface area contributed by atoms with E-state index in [1.165, 1.54) is 6.07 Å². The van der Waals surface area contributed by atoms with Gasteiger partial charge in [0.05, 0.1) is 11.5 Å². The molecule has 0 aliphatic rings. The number of rotatable bonds is 9. The van der Waals surface area contributed by atoms with Crippen molar-refractivity contribution < 1.29 is 29.0 Å². The lowest BCUT2D eigenvalue weighted by atomic mass is 9.95. The Balaban J connectivity index is 2.50. The number of nitrogens with one attached hydrogen (secondary N) is 1. The molecular formula is C16H18FN3O5. The summed E-state index contributed by atoms with van der Waals surface area (Å²) >= 11 is 0. The molecule has 1 aromatic rings. The summed E-state index contributed by atoms with van der Waals surface area (Å²) in [6, 6.07) is 3.74. The topological polar surface area (TPSA) is 154 Å². The summed E-state index contributed by atoms with van der Waals surface area (Å²) in [6.45, 7) is 0.143. The fourth-order valence-electron chi connectivity index (χ4n) is 2.15. The second-order valence-corrected chi connectivity index (χ2v) is 5.42. The van der Waals surface area contributed by atoms with Gasteiger partial charge in [0.25, 0.3) is 5.91 Å². The molecule has 1 amide bonds. The fourth-order valence-corrected chi connectivity index (χ4v) is 2.15. The van der Waals surface area contributed by atoms with Gasteiger partial charge in [-0.2, -0.15) is 5.26 Å². The van der Waals surface area contributed by atoms with Gasteiger partial charge in [-0.05, 0) is 37.5 Å². The van der Waals surface area contributed by atoms with E-state index >= 15 is 0 Å². The SMILES string of the molecule is N#Cc1cc(C(=O)NCCC[C@@H](C[C@H](N)C(=O)O)C(=O)O)ccc1[18F]. The number of nitrogens with two attached hydrogens (primary N) is 1. The first-order valence-corrected chi connectivity index (χ1v) is 7.45. The Morgan fingerprint density at radius 2 is 1.96 bits per heavy atom. The summed E-state index contributed by atoms with van der Waals surface area (Å²) in [7, 11) is 0. The van der Waals surface area contributed by atoms with Crippen molar-refractivity contribution in [2.75, 3.05) is 6.54 Å². The average molecular weight is 350 g/mol. The van der Waals surface area contributed by atoms with Gasteiger partial charge in [-0.15, -0.1) is 0 Å². The van der Waals surface area contributed by atoms with Crippen LogP contribution in [-0.2, 0) is 9.59 Å². The summed E-state index contributed by atoms with van der Waals surface area (Å²) in [5, 5.41) is 29.1. The molecule has 9 heteroatoms. The average Bonchev–Trinajstić information content (AvgIpc) is 2.57. The zero-order valence-electron chi connectivity index (χ0n) is 13.2. The summed E-state index contributed by atoms with van der Waals surface area (Å²) in [6.07, 6.45) is 0.229. The summed E-state index contributed by atoms with van der Waals surface area (Å²) in [5.41, 5.74) is 5.20. The molecule has 0 spiro atoms. The van der Waals surface area contributed by atoms with Gasteiger partial charge in [-0.25, -0.2) is 4.39 Å². The van der Waals surface area contributed by atoms with Crippen molar-refractivity contribution in [3.8, 4) is 6.07 Å². The molecule has 1 aromatic carbocycles. The molecule has 1 rings (SSSR count). The molecule has 5 N–H and O–H groups in total. The molecule has 8 nitrogen and oxygen atoms in total. The van der Waals surface area contributed by atoms with E-state index in [0.717, 1.165) is 12.1 Å². The van der Waals surface area contributed by atoms with Gasteiger partial charge >= 0.3 is 11.9 Å². The summed E-state index contributed by atoms with van der Waals surface area (Å²) < 4.78 is 13.2. The number of hydrogen-bond donors (Lipinski definition) is 4. The van der Waals surface area contributed by atoms with Gasteiger partial charge in [-0.3, -0.25) is 14.4 Å². The zero-order chi connectivity index (χ0) is 19.0. The normalized spacial score (nSPS) is 12.7. The van der Waals surface area contributed by atoms with Gasteiger partial charge in [0, 0.05) is 12.1 Å². The van der Waals surface area contributed by atoms with Gasteiger partial charge < -0.3 is 21.3 Å². The first-order valence-electron chi connectivity index (χ1n) is 7.45. The van der Waals surface area contributed by atoms with Gasteiger partial charge in [0.2, 0.25) is 0 Å². The van der Waals surface area contributed by atoms with Gasteiger partial charge in [0.15, 0.2) is 0 Å². The maximum atomic E-state index is 13.2. The number of aliphatic carboxylic acids is 2. The number of benzene rings is 1. The van der Waals surface area contributed by atoms with Crippen LogP contribution in [0.2, 0.25) is 0 Å². The predicted octanol–water partition coefficient (Wildman–Crippen LogP) is 0.710. The number of carbonyl (C=O) groups is 3. The second kappa shape index (κ2) is 9.34. The Bertz CT molecular complexity index is 702. The van der Waals surface area contributed by atoms with Crippen molar-refractivity contribution >= 4 is 17.8 Å². The number of nitrogens with zero attached hydrogens (tertiary/aromatic N) is 1. The predicted molar refractivity (Wildman–Crippen MR) is 84.0 cm³/mol. The van der Waals surface area contributed by atoms with Crippen LogP contribution in [-0.4, -0.2) is 40.6 Å². The molecule has 0 aromatic heterocycles. The smallest absolute Gasteiger partial charge is 0.320 e. The lowest BCUT2D eigenvalue weighted by Crippen LogP contribution is -2.34. The quantitative estimate of drug-likeness (QED) is 0.478. The third kappa shape index (κ3) is 6.19. The molecule has 0 unspecified atom stereocenters. The van der Waals surface area contributed by atoms with Crippen LogP contribution in [0.15, 0.2) is 18.2 Å². The molecule has 0 saturated heterocycles. The molecule has 0 bridgehead atoms. The first-order chi connectivity index (χ1) is 11.8. The number of halogens is 1. The minimum atomic E-state index is -1.27. The molecule has 0 saturated carbocycles. The number of amides is 1. The molecular weight excluding hydrogens is 332 g/mol. The van der Waals surface area contributed by atoms with Gasteiger partial charge in [-0.1, -0.05) is 0 Å². The first kappa shape index (κ1) is 20.1. The molecule has 0 fully saturated rings. The largest absolute Gasteiger partial charge is 0.481 e. The number of hydrogen-bond acceptors (Lipinski definition) is 5. The lowest BCUT2D eigenvalue weighted by molar-refractivity contribution is -0.143. The highest BCUT2D eigenvalue weighted by Crippen LogP contribution is 2.14. The van der Waals surface area contributed by atoms with Crippen LogP contribution in [0, 0.1) is 23.1 Å². The Morgan fingerprint density at radius 1 is 1.28 bits per heavy atom. The van der Waals surface area contributed by atoms with E-state index in [2.05, 4.69) is 5.32 Å². The third-order valence-electron chi connectivity index (χ3n) is 3.57. The number of carboxylic acid groups (broad SMARTS) is 2. The number of carboxylic acids is 2. The van der Waals surface area contributed by atoms with Crippen molar-refractivity contribution in [3.63, 3.8) is 0 Å². The monoisotopic (exact) mass is 350 g/mol. The van der Waals surface area contributed by atoms with E-state index < -0.39 is 35.6 Å². The zero-order valence-corrected chi connectivity index (χ0v) is 13.2. The molecule has 0 aliphatic heterocycles. The van der Waals surface area contributed by atoms with E-state index in [1.54, 1.807) is 6.07 Å². The fraction of sp³-hybridized carbons (Fsp3) is 0.375. The van der Waals surface area contributed by atoms with E-state index in [4.69, 9.17) is 21.2 Å². The van der Waals surface area contributed by atoms with Crippen LogP contribution in [0.4, 0.5) is 4.39 Å². The highest BCUT2D eigenvalue weighted by Gasteiger charge is 2.24. The highest BCUT2D eigenvalue weighted by molar-refractivity contribution is 5.94. The maximum absolute atomic E-state index is 13.2. The van der Waals surface area contributed by atoms with Crippen molar-refractivity contribution in [1.29, 1.82) is 5.26 Å². The van der Waals surface area contributed by atoms with E-state index in [1.807, 2.05) is 0 Å². The minimum Gasteiger partial charge on any atom is -0.481 e. The van der Waals surface area contributed by atoms with Crippen LogP contribution < -0.4 is 11.1 Å². The summed E-state index contributed by atoms with van der Waals surface area (Å²) in [4.78, 5) is 33.7. The molecule has 2 atom stereocenters. The Morgan fingerprint density at radius 3 is 2.52 bits per heavy atom. The molecule has 25 heavy (non-hydrogen) atoms. The van der Waals surface area contributed by atoms with Crippen molar-refractivity contribution in [2.24, 2.45) is 11.7 Å². The van der Waals surface area contributed by atoms with Crippen molar-refractivity contribution in [2.45, 2.75) is 25.3 Å². The van der Waals surface area contributed by atoms with E-state index in [9.17, 15) is 18.8 Å². The highest BCUT2D eigenvalue weighted by atomic mass is 18.2. The summed E-state index contributed by atoms with van der Waals surface area (Å²) in [5.74, 6) is -4.60. The van der Waals surface area contributed by atoms with E-state index in [0.29, 0.717) is 6.42 Å². The van der Waals surface area contributed by atoms with Crippen molar-refractivity contribution in [1.82, 2.24) is 5.32 Å². The Labute approximate surface area is 143 Å². The molecule has 134 valence electrons. The Hall–Kier alpha value is -2.99. The third-order valence-corrected chi connectivity index (χ3v) is 3.57. The van der Waals surface area contributed by atoms with Crippen LogP contribution in [0.1, 0.15) is 35.2 Å². The second-order valence-electron chi connectivity index (χ2n) is 5.42. The van der Waals surface area contributed by atoms with Crippen LogP contribution in [0.25, 0.3) is 0 Å². The standard InChI is InChI=1S/C16H18FN3O5/c17-12-4-3-9(6-11(12)8-18)14(21)20-5-1-2-10(15(22)23)7-13(19)16(24)25/h3-4,6,10,13H,1-2,5,7,19H2,(H,20,21)(H,22,23)(H,24,25)/t10-,13-/m0/s1/i17-1. The molecule has 0 aliphatic carbocycles. The van der Waals surface area contributed by atoms with Crippen LogP contribution in [0.5, 0.6) is 0 Å². The van der Waals surface area contributed by atoms with Crippen molar-refractivity contribution in [3.05, 3.63) is 35.1 Å². The number of carbonyl (C=O) groups excluding carboxylic acids is 1. The maximum Gasteiger partial charge on any atom is 0.320 e. The molecule has 0 heterocycles. The van der Waals surface area contributed by atoms with Crippen LogP contribution in [0.3, 0.4) is 0 Å². The Kier molecular flexibility index (Phi) is 7.49. The number of nitriles is 1. The molecule has 0 radical (unpaired) electrons. The van der Waals surface area contributed by atoms with Gasteiger partial charge in [0.1, 0.15) is 17.9 Å².